The molecule has 0 unspecified atom stereocenters. The summed E-state index contributed by atoms with van der Waals surface area (Å²) >= 11 is 0. The van der Waals surface area contributed by atoms with Crippen LogP contribution in [0.1, 0.15) is 44.0 Å². The molecule has 0 radical (unpaired) electrons. The highest BCUT2D eigenvalue weighted by Crippen LogP contribution is 2.27. The molecule has 0 saturated carbocycles. The molecule has 1 aromatic rings. The van der Waals surface area contributed by atoms with E-state index in [0.717, 1.165) is 0 Å². The molecule has 1 amide bonds. The number of hydrogen-bond donors (Lipinski definition) is 0. The molecule has 0 bridgehead atoms. The van der Waals surface area contributed by atoms with Gasteiger partial charge in [-0.2, -0.15) is 0 Å². The lowest BCUT2D eigenvalue weighted by molar-refractivity contribution is -0.157. The van der Waals surface area contributed by atoms with Crippen LogP contribution in [-0.2, 0) is 14.3 Å². The van der Waals surface area contributed by atoms with E-state index < -0.39 is 17.6 Å². The van der Waals surface area contributed by atoms with Gasteiger partial charge < -0.3 is 14.4 Å². The molecule has 2 rings (SSSR count). The fourth-order valence-corrected chi connectivity index (χ4v) is 2.78. The van der Waals surface area contributed by atoms with Crippen molar-refractivity contribution in [2.75, 3.05) is 13.7 Å². The molecule has 0 aliphatic carbocycles. The van der Waals surface area contributed by atoms with Crippen molar-refractivity contribution >= 4 is 17.8 Å². The molecule has 1 aliphatic rings. The molecule has 136 valence electrons. The molecule has 0 aromatic heterocycles. The zero-order valence-corrected chi connectivity index (χ0v) is 15.2. The topological polar surface area (TPSA) is 72.9 Å². The highest BCUT2D eigenvalue weighted by atomic mass is 16.6. The van der Waals surface area contributed by atoms with Crippen molar-refractivity contribution in [3.63, 3.8) is 0 Å². The van der Waals surface area contributed by atoms with Crippen LogP contribution >= 0.6 is 0 Å². The lowest BCUT2D eigenvalue weighted by atomic mass is 9.97. The van der Waals surface area contributed by atoms with Crippen LogP contribution in [0.5, 0.6) is 0 Å². The van der Waals surface area contributed by atoms with Gasteiger partial charge in [0.15, 0.2) is 5.78 Å². The Hall–Kier alpha value is -2.37. The number of amides is 1. The summed E-state index contributed by atoms with van der Waals surface area (Å²) in [5, 5.41) is 0. The first-order valence-corrected chi connectivity index (χ1v) is 8.36. The minimum atomic E-state index is -0.617. The zero-order chi connectivity index (χ0) is 18.6. The van der Waals surface area contributed by atoms with E-state index in [1.54, 1.807) is 45.0 Å². The third kappa shape index (κ3) is 4.81. The SMILES string of the molecule is COC(=O)N1C[C@H](OC(=O)C(C)(C)C)C[C@@H]1CC(=O)c1ccccc1. The number of methoxy groups -OCH3 is 1. The van der Waals surface area contributed by atoms with Gasteiger partial charge in [0.25, 0.3) is 0 Å². The number of hydrogen-bond acceptors (Lipinski definition) is 5. The second-order valence-corrected chi connectivity index (χ2v) is 7.28. The largest absolute Gasteiger partial charge is 0.460 e. The number of nitrogens with zero attached hydrogens (tertiary/aromatic N) is 1. The van der Waals surface area contributed by atoms with E-state index in [4.69, 9.17) is 9.47 Å². The predicted octanol–water partition coefficient (Wildman–Crippen LogP) is 3.06. The van der Waals surface area contributed by atoms with Crippen molar-refractivity contribution in [1.29, 1.82) is 0 Å². The average molecular weight is 347 g/mol. The molecule has 0 spiro atoms. The molecule has 1 aliphatic heterocycles. The molecule has 1 saturated heterocycles. The highest BCUT2D eigenvalue weighted by Gasteiger charge is 2.40. The van der Waals surface area contributed by atoms with E-state index in [0.29, 0.717) is 12.0 Å². The molecule has 0 N–H and O–H groups in total. The normalized spacial score (nSPS) is 20.2. The third-order valence-corrected chi connectivity index (χ3v) is 4.19. The Bertz CT molecular complexity index is 635. The summed E-state index contributed by atoms with van der Waals surface area (Å²) in [5.74, 6) is -0.375. The van der Waals surface area contributed by atoms with Gasteiger partial charge in [-0.15, -0.1) is 0 Å². The predicted molar refractivity (Wildman–Crippen MR) is 92.2 cm³/mol. The minimum absolute atomic E-state index is 0.0534. The van der Waals surface area contributed by atoms with E-state index in [-0.39, 0.29) is 30.8 Å². The van der Waals surface area contributed by atoms with Crippen molar-refractivity contribution in [3.8, 4) is 0 Å². The Kier molecular flexibility index (Phi) is 5.82. The van der Waals surface area contributed by atoms with Crippen LogP contribution < -0.4 is 0 Å². The standard InChI is InChI=1S/C19H25NO5/c1-19(2,3)17(22)25-15-10-14(20(12-15)18(23)24-4)11-16(21)13-8-6-5-7-9-13/h5-9,14-15H,10-12H2,1-4H3/t14-,15-/m1/s1. The Labute approximate surface area is 148 Å². The fourth-order valence-electron chi connectivity index (χ4n) is 2.78. The third-order valence-electron chi connectivity index (χ3n) is 4.19. The number of likely N-dealkylation sites (tertiary alicyclic amines) is 1. The van der Waals surface area contributed by atoms with Crippen LogP contribution in [-0.4, -0.2) is 48.5 Å². The van der Waals surface area contributed by atoms with Crippen molar-refractivity contribution in [2.45, 2.75) is 45.8 Å². The highest BCUT2D eigenvalue weighted by molar-refractivity contribution is 5.96. The molecule has 6 heteroatoms. The first-order chi connectivity index (χ1) is 11.7. The summed E-state index contributed by atoms with van der Waals surface area (Å²) in [7, 11) is 1.30. The summed E-state index contributed by atoms with van der Waals surface area (Å²) in [6.07, 6.45) is -0.349. The maximum atomic E-state index is 12.5. The number of esters is 1. The molecular formula is C19H25NO5. The molecule has 1 heterocycles. The van der Waals surface area contributed by atoms with E-state index in [2.05, 4.69) is 0 Å². The maximum absolute atomic E-state index is 12.5. The van der Waals surface area contributed by atoms with Gasteiger partial charge in [0.2, 0.25) is 0 Å². The van der Waals surface area contributed by atoms with Crippen molar-refractivity contribution in [2.24, 2.45) is 5.41 Å². The molecular weight excluding hydrogens is 322 g/mol. The number of Topliss-reactive ketones (excluding diaryl/α,β-unsaturated/α-hetero) is 1. The van der Waals surface area contributed by atoms with Gasteiger partial charge in [-0.1, -0.05) is 30.3 Å². The monoisotopic (exact) mass is 347 g/mol. The summed E-state index contributed by atoms with van der Waals surface area (Å²) in [4.78, 5) is 38.0. The van der Waals surface area contributed by atoms with Crippen LogP contribution in [0.2, 0.25) is 0 Å². The van der Waals surface area contributed by atoms with Crippen molar-refractivity contribution in [1.82, 2.24) is 4.90 Å². The Morgan fingerprint density at radius 1 is 1.16 bits per heavy atom. The number of ketones is 1. The minimum Gasteiger partial charge on any atom is -0.460 e. The second kappa shape index (κ2) is 7.68. The van der Waals surface area contributed by atoms with E-state index in [1.165, 1.54) is 12.0 Å². The van der Waals surface area contributed by atoms with E-state index >= 15 is 0 Å². The van der Waals surface area contributed by atoms with E-state index in [9.17, 15) is 14.4 Å². The summed E-state index contributed by atoms with van der Waals surface area (Å²) < 4.78 is 10.3. The van der Waals surface area contributed by atoms with Crippen LogP contribution in [0.15, 0.2) is 30.3 Å². The molecule has 1 fully saturated rings. The van der Waals surface area contributed by atoms with Crippen LogP contribution in [0.25, 0.3) is 0 Å². The summed E-state index contributed by atoms with van der Waals surface area (Å²) in [6.45, 7) is 5.57. The number of ether oxygens (including phenoxy) is 2. The number of benzene rings is 1. The van der Waals surface area contributed by atoms with Crippen LogP contribution in [0.4, 0.5) is 4.79 Å². The number of carbonyl (C=O) groups excluding carboxylic acids is 3. The molecule has 1 aromatic carbocycles. The quantitative estimate of drug-likeness (QED) is 0.618. The maximum Gasteiger partial charge on any atom is 0.409 e. The van der Waals surface area contributed by atoms with Gasteiger partial charge in [-0.25, -0.2) is 4.79 Å². The summed E-state index contributed by atoms with van der Waals surface area (Å²) in [5.41, 5.74) is -0.0175. The average Bonchev–Trinajstić information content (AvgIpc) is 2.96. The van der Waals surface area contributed by atoms with Crippen LogP contribution in [0.3, 0.4) is 0 Å². The van der Waals surface area contributed by atoms with Crippen LogP contribution in [0, 0.1) is 5.41 Å². The van der Waals surface area contributed by atoms with Gasteiger partial charge in [0.05, 0.1) is 19.1 Å². The van der Waals surface area contributed by atoms with Gasteiger partial charge in [-0.3, -0.25) is 9.59 Å². The first kappa shape index (κ1) is 19.0. The Balaban J connectivity index is 2.08. The summed E-state index contributed by atoms with van der Waals surface area (Å²) in [6, 6.07) is 8.59. The van der Waals surface area contributed by atoms with E-state index in [1.807, 2.05) is 6.07 Å². The van der Waals surface area contributed by atoms with Crippen molar-refractivity contribution in [3.05, 3.63) is 35.9 Å². The van der Waals surface area contributed by atoms with Crippen molar-refractivity contribution < 1.29 is 23.9 Å². The van der Waals surface area contributed by atoms with Gasteiger partial charge >= 0.3 is 12.1 Å². The number of carbonyl (C=O) groups is 3. The van der Waals surface area contributed by atoms with Gasteiger partial charge in [0, 0.05) is 24.4 Å². The first-order valence-electron chi connectivity index (χ1n) is 8.36. The molecule has 6 nitrogen and oxygen atoms in total. The Morgan fingerprint density at radius 3 is 2.36 bits per heavy atom. The second-order valence-electron chi connectivity index (χ2n) is 7.28. The lowest BCUT2D eigenvalue weighted by Crippen LogP contribution is -2.37. The molecule has 25 heavy (non-hydrogen) atoms. The smallest absolute Gasteiger partial charge is 0.409 e. The number of rotatable bonds is 4. The molecule has 2 atom stereocenters. The lowest BCUT2D eigenvalue weighted by Gasteiger charge is -2.22. The van der Waals surface area contributed by atoms with Gasteiger partial charge in [-0.05, 0) is 20.8 Å². The Morgan fingerprint density at radius 2 is 1.80 bits per heavy atom. The van der Waals surface area contributed by atoms with Gasteiger partial charge in [0.1, 0.15) is 6.10 Å². The zero-order valence-electron chi connectivity index (χ0n) is 15.2. The fraction of sp³-hybridized carbons (Fsp3) is 0.526.